The van der Waals surface area contributed by atoms with Crippen LogP contribution in [0.2, 0.25) is 0 Å². The molecule has 0 aromatic heterocycles. The molecule has 0 N–H and O–H groups in total. The number of methoxy groups -OCH3 is 6. The van der Waals surface area contributed by atoms with Gasteiger partial charge in [-0.05, 0) is 5.70 Å². The highest BCUT2D eigenvalue weighted by Crippen LogP contribution is 2.20. The number of rotatable bonds is 16. The van der Waals surface area contributed by atoms with E-state index < -0.39 is 27.7 Å². The highest BCUT2D eigenvalue weighted by molar-refractivity contribution is 6.66. The quantitative estimate of drug-likeness (QED) is 0.286. The van der Waals surface area contributed by atoms with E-state index in [0.717, 1.165) is 0 Å². The van der Waals surface area contributed by atoms with Crippen molar-refractivity contribution < 1.29 is 41.7 Å². The standard InChI is InChI=1S/C14H30O9Si/c1-8-24(21-12(18-5)9-15-2,22-13(19-6)10-16-3)23-14(20-7)11-17-4/h8,12-14H,1,9-11H2,2-7H3. The molecule has 10 heteroatoms. The lowest BCUT2D eigenvalue weighted by molar-refractivity contribution is -0.193. The number of ether oxygens (including phenoxy) is 6. The molecule has 3 unspecified atom stereocenters. The van der Waals surface area contributed by atoms with Gasteiger partial charge in [0, 0.05) is 42.7 Å². The maximum atomic E-state index is 5.89. The van der Waals surface area contributed by atoms with Gasteiger partial charge in [-0.1, -0.05) is 6.58 Å². The van der Waals surface area contributed by atoms with Crippen LogP contribution in [0.3, 0.4) is 0 Å². The Morgan fingerprint density at radius 3 is 1.12 bits per heavy atom. The van der Waals surface area contributed by atoms with Gasteiger partial charge in [-0.3, -0.25) is 0 Å². The second-order valence-electron chi connectivity index (χ2n) is 4.52. The third-order valence-electron chi connectivity index (χ3n) is 2.83. The van der Waals surface area contributed by atoms with Gasteiger partial charge in [0.25, 0.3) is 0 Å². The molecule has 9 nitrogen and oxygen atoms in total. The fraction of sp³-hybridized carbons (Fsp3) is 0.857. The summed E-state index contributed by atoms with van der Waals surface area (Å²) in [4.78, 5) is 0. The van der Waals surface area contributed by atoms with E-state index in [1.165, 1.54) is 48.4 Å². The van der Waals surface area contributed by atoms with Gasteiger partial charge in [-0.15, -0.1) is 0 Å². The lowest BCUT2D eigenvalue weighted by atomic mass is 10.7. The molecule has 0 bridgehead atoms. The summed E-state index contributed by atoms with van der Waals surface area (Å²) in [5.74, 6) is 0. The molecule has 24 heavy (non-hydrogen) atoms. The fourth-order valence-corrected chi connectivity index (χ4v) is 3.68. The molecular formula is C14H30O9Si. The molecule has 0 saturated carbocycles. The Morgan fingerprint density at radius 2 is 0.958 bits per heavy atom. The first kappa shape index (κ1) is 23.6. The van der Waals surface area contributed by atoms with Crippen LogP contribution in [0.15, 0.2) is 12.3 Å². The van der Waals surface area contributed by atoms with E-state index in [4.69, 9.17) is 41.7 Å². The van der Waals surface area contributed by atoms with Crippen molar-refractivity contribution in [3.05, 3.63) is 12.3 Å². The van der Waals surface area contributed by atoms with Crippen LogP contribution in [0.25, 0.3) is 0 Å². The smallest absolute Gasteiger partial charge is 0.379 e. The molecule has 0 aliphatic carbocycles. The lowest BCUT2D eigenvalue weighted by Crippen LogP contribution is -2.54. The van der Waals surface area contributed by atoms with Gasteiger partial charge in [-0.2, -0.15) is 0 Å². The first-order valence-corrected chi connectivity index (χ1v) is 9.07. The molecule has 0 aromatic carbocycles. The van der Waals surface area contributed by atoms with Gasteiger partial charge < -0.3 is 41.7 Å². The summed E-state index contributed by atoms with van der Waals surface area (Å²) in [6.07, 6.45) is -2.17. The minimum Gasteiger partial charge on any atom is -0.379 e. The zero-order valence-electron chi connectivity index (χ0n) is 15.3. The van der Waals surface area contributed by atoms with Gasteiger partial charge in [0.2, 0.25) is 0 Å². The summed E-state index contributed by atoms with van der Waals surface area (Å²) in [6, 6.07) is 0. The van der Waals surface area contributed by atoms with Crippen molar-refractivity contribution in [2.45, 2.75) is 18.9 Å². The second-order valence-corrected chi connectivity index (χ2v) is 6.85. The SMILES string of the molecule is C=C[Si](OC(COC)OC)(OC(COC)OC)OC(COC)OC. The second kappa shape index (κ2) is 13.8. The molecule has 0 saturated heterocycles. The van der Waals surface area contributed by atoms with Crippen molar-refractivity contribution in [2.75, 3.05) is 62.5 Å². The fourth-order valence-electron chi connectivity index (χ4n) is 1.64. The van der Waals surface area contributed by atoms with Crippen LogP contribution in [0.4, 0.5) is 0 Å². The van der Waals surface area contributed by atoms with Gasteiger partial charge in [0.05, 0.1) is 19.8 Å². The molecular weight excluding hydrogens is 340 g/mol. The first-order valence-electron chi connectivity index (χ1n) is 7.26. The van der Waals surface area contributed by atoms with Gasteiger partial charge >= 0.3 is 8.80 Å². The van der Waals surface area contributed by atoms with Crippen LogP contribution in [0.1, 0.15) is 0 Å². The van der Waals surface area contributed by atoms with E-state index in [1.54, 1.807) is 0 Å². The first-order chi connectivity index (χ1) is 11.5. The van der Waals surface area contributed by atoms with Crippen LogP contribution in [0, 0.1) is 0 Å². The van der Waals surface area contributed by atoms with Crippen molar-refractivity contribution >= 4 is 8.80 Å². The van der Waals surface area contributed by atoms with Gasteiger partial charge in [0.15, 0.2) is 18.9 Å². The molecule has 0 aromatic rings. The van der Waals surface area contributed by atoms with E-state index in [1.807, 2.05) is 0 Å². The monoisotopic (exact) mass is 370 g/mol. The molecule has 0 fully saturated rings. The average molecular weight is 370 g/mol. The van der Waals surface area contributed by atoms with Crippen LogP contribution in [-0.2, 0) is 41.7 Å². The summed E-state index contributed by atoms with van der Waals surface area (Å²) >= 11 is 0. The number of hydrogen-bond donors (Lipinski definition) is 0. The minimum atomic E-state index is -3.48. The average Bonchev–Trinajstić information content (AvgIpc) is 2.60. The van der Waals surface area contributed by atoms with E-state index in [9.17, 15) is 0 Å². The van der Waals surface area contributed by atoms with Crippen molar-refractivity contribution in [3.8, 4) is 0 Å². The van der Waals surface area contributed by atoms with Crippen LogP contribution in [-0.4, -0.2) is 90.2 Å². The topological polar surface area (TPSA) is 83.1 Å². The number of hydrogen-bond acceptors (Lipinski definition) is 9. The molecule has 0 spiro atoms. The summed E-state index contributed by atoms with van der Waals surface area (Å²) in [5, 5.41) is 0. The van der Waals surface area contributed by atoms with Crippen LogP contribution < -0.4 is 0 Å². The predicted molar refractivity (Wildman–Crippen MR) is 87.2 cm³/mol. The highest BCUT2D eigenvalue weighted by Gasteiger charge is 2.46. The third kappa shape index (κ3) is 8.62. The Balaban J connectivity index is 5.34. The summed E-state index contributed by atoms with van der Waals surface area (Å²) in [5.41, 5.74) is 1.46. The van der Waals surface area contributed by atoms with E-state index in [-0.39, 0.29) is 19.8 Å². The lowest BCUT2D eigenvalue weighted by Gasteiger charge is -2.34. The summed E-state index contributed by atoms with van der Waals surface area (Å²) in [7, 11) is 5.55. The van der Waals surface area contributed by atoms with E-state index in [0.29, 0.717) is 0 Å². The molecule has 0 aliphatic heterocycles. The van der Waals surface area contributed by atoms with Crippen molar-refractivity contribution in [1.29, 1.82) is 0 Å². The minimum absolute atomic E-state index is 0.176. The van der Waals surface area contributed by atoms with Gasteiger partial charge in [-0.25, -0.2) is 0 Å². The highest BCUT2D eigenvalue weighted by atomic mass is 28.4. The van der Waals surface area contributed by atoms with Crippen LogP contribution >= 0.6 is 0 Å². The Morgan fingerprint density at radius 1 is 0.667 bits per heavy atom. The molecule has 3 atom stereocenters. The molecule has 0 radical (unpaired) electrons. The van der Waals surface area contributed by atoms with Crippen LogP contribution in [0.5, 0.6) is 0 Å². The predicted octanol–water partition coefficient (Wildman–Crippen LogP) is 0.557. The van der Waals surface area contributed by atoms with E-state index in [2.05, 4.69) is 6.58 Å². The van der Waals surface area contributed by atoms with E-state index >= 15 is 0 Å². The van der Waals surface area contributed by atoms with Crippen molar-refractivity contribution in [3.63, 3.8) is 0 Å². The normalized spacial score (nSPS) is 17.9. The largest absolute Gasteiger partial charge is 0.535 e. The Hall–Kier alpha value is -0.403. The maximum absolute atomic E-state index is 5.89. The molecule has 0 rings (SSSR count). The molecule has 0 heterocycles. The van der Waals surface area contributed by atoms with Gasteiger partial charge in [0.1, 0.15) is 0 Å². The zero-order valence-corrected chi connectivity index (χ0v) is 16.3. The zero-order chi connectivity index (χ0) is 18.4. The summed E-state index contributed by atoms with van der Waals surface area (Å²) < 4.78 is 48.6. The Kier molecular flexibility index (Phi) is 13.6. The molecule has 0 aliphatic rings. The third-order valence-corrected chi connectivity index (χ3v) is 5.11. The van der Waals surface area contributed by atoms with Crippen molar-refractivity contribution in [2.24, 2.45) is 0 Å². The molecule has 0 amide bonds. The Labute approximate surface area is 145 Å². The maximum Gasteiger partial charge on any atom is 0.535 e. The molecule has 144 valence electrons. The van der Waals surface area contributed by atoms with Crippen molar-refractivity contribution in [1.82, 2.24) is 0 Å². The Bertz CT molecular complexity index is 278. The summed E-state index contributed by atoms with van der Waals surface area (Å²) in [6.45, 7) is 4.30.